The number of carbonyl (C=O) groups excluding carboxylic acids is 3. The smallest absolute Gasteiger partial charge is 0.264 e. The van der Waals surface area contributed by atoms with Gasteiger partial charge in [-0.25, -0.2) is 0 Å². The molecule has 6 bridgehead atoms. The molecule has 0 fully saturated rings. The molecule has 0 aliphatic carbocycles. The highest BCUT2D eigenvalue weighted by molar-refractivity contribution is 6.01. The van der Waals surface area contributed by atoms with Gasteiger partial charge in [0, 0.05) is 25.7 Å². The maximum atomic E-state index is 14.2. The summed E-state index contributed by atoms with van der Waals surface area (Å²) in [7, 11) is 3.23. The maximum Gasteiger partial charge on any atom is 0.264 e. The third-order valence-corrected chi connectivity index (χ3v) is 7.65. The molecule has 0 spiro atoms. The van der Waals surface area contributed by atoms with Crippen molar-refractivity contribution in [1.29, 1.82) is 0 Å². The Labute approximate surface area is 237 Å². The molecule has 4 aliphatic rings. The van der Waals surface area contributed by atoms with E-state index in [1.165, 1.54) is 4.90 Å². The fourth-order valence-electron chi connectivity index (χ4n) is 5.51. The van der Waals surface area contributed by atoms with E-state index in [2.05, 4.69) is 5.32 Å². The standard InChI is InChI=1S/C31H31N3O7/c1-33-24-14-21(7-8-25(24)41-18-29(33)36)31(37)34-11-9-19-15-27-26(38-2)16-23(19)30(34)20-5-3-6-22(13-20)39-12-4-10-32-28(35)17-40-27/h3,5-8,13-16,30H,4,9-12,17-18H2,1-2H3,(H,32,35). The second kappa shape index (κ2) is 11.0. The quantitative estimate of drug-likeness (QED) is 0.516. The van der Waals surface area contributed by atoms with Crippen molar-refractivity contribution in [3.8, 4) is 23.0 Å². The first kappa shape index (κ1) is 26.5. The van der Waals surface area contributed by atoms with Crippen LogP contribution >= 0.6 is 0 Å². The fourth-order valence-corrected chi connectivity index (χ4v) is 5.51. The zero-order valence-electron chi connectivity index (χ0n) is 23.0. The van der Waals surface area contributed by atoms with E-state index in [0.29, 0.717) is 66.8 Å². The van der Waals surface area contributed by atoms with Gasteiger partial charge in [-0.15, -0.1) is 0 Å². The van der Waals surface area contributed by atoms with Crippen LogP contribution in [-0.2, 0) is 16.0 Å². The van der Waals surface area contributed by atoms with Crippen LogP contribution in [0.4, 0.5) is 5.69 Å². The van der Waals surface area contributed by atoms with Gasteiger partial charge in [0.15, 0.2) is 24.7 Å². The summed E-state index contributed by atoms with van der Waals surface area (Å²) in [6.45, 7) is 1.16. The first-order chi connectivity index (χ1) is 19.9. The zero-order chi connectivity index (χ0) is 28.5. The minimum Gasteiger partial charge on any atom is -0.494 e. The van der Waals surface area contributed by atoms with E-state index in [-0.39, 0.29) is 30.9 Å². The largest absolute Gasteiger partial charge is 0.494 e. The summed E-state index contributed by atoms with van der Waals surface area (Å²) in [5.74, 6) is 1.62. The van der Waals surface area contributed by atoms with Gasteiger partial charge in [0.05, 0.1) is 25.4 Å². The van der Waals surface area contributed by atoms with Crippen LogP contribution < -0.4 is 29.2 Å². The van der Waals surface area contributed by atoms with E-state index in [1.807, 2.05) is 41.3 Å². The molecule has 1 unspecified atom stereocenters. The van der Waals surface area contributed by atoms with Gasteiger partial charge in [-0.3, -0.25) is 14.4 Å². The molecule has 0 saturated carbocycles. The van der Waals surface area contributed by atoms with Crippen LogP contribution in [0, 0.1) is 0 Å². The number of hydrogen-bond donors (Lipinski definition) is 1. The molecule has 10 heteroatoms. The molecule has 4 heterocycles. The molecular formula is C31H31N3O7. The van der Waals surface area contributed by atoms with E-state index in [9.17, 15) is 14.4 Å². The molecule has 0 saturated heterocycles. The number of anilines is 1. The Morgan fingerprint density at radius 2 is 1.85 bits per heavy atom. The van der Waals surface area contributed by atoms with Gasteiger partial charge in [-0.05, 0) is 72.0 Å². The van der Waals surface area contributed by atoms with E-state index in [0.717, 1.165) is 16.7 Å². The van der Waals surface area contributed by atoms with Crippen molar-refractivity contribution in [2.24, 2.45) is 0 Å². The molecule has 10 nitrogen and oxygen atoms in total. The number of nitrogens with one attached hydrogen (secondary N) is 1. The summed E-state index contributed by atoms with van der Waals surface area (Å²) < 4.78 is 23.1. The van der Waals surface area contributed by atoms with Gasteiger partial charge in [-0.2, -0.15) is 0 Å². The molecule has 3 aromatic carbocycles. The second-order valence-electron chi connectivity index (χ2n) is 10.2. The highest BCUT2D eigenvalue weighted by Gasteiger charge is 2.35. The van der Waals surface area contributed by atoms with Crippen LogP contribution in [0.5, 0.6) is 23.0 Å². The lowest BCUT2D eigenvalue weighted by Crippen LogP contribution is -2.41. The van der Waals surface area contributed by atoms with E-state index >= 15 is 0 Å². The summed E-state index contributed by atoms with van der Waals surface area (Å²) in [5.41, 5.74) is 3.80. The minimum absolute atomic E-state index is 0.0294. The Morgan fingerprint density at radius 3 is 2.71 bits per heavy atom. The predicted molar refractivity (Wildman–Crippen MR) is 150 cm³/mol. The lowest BCUT2D eigenvalue weighted by Gasteiger charge is -2.38. The van der Waals surface area contributed by atoms with E-state index in [4.69, 9.17) is 18.9 Å². The fraction of sp³-hybridized carbons (Fsp3) is 0.323. The Bertz CT molecular complexity index is 1520. The van der Waals surface area contributed by atoms with Crippen LogP contribution in [0.25, 0.3) is 0 Å². The highest BCUT2D eigenvalue weighted by atomic mass is 16.5. The maximum absolute atomic E-state index is 14.2. The Balaban J connectivity index is 1.44. The summed E-state index contributed by atoms with van der Waals surface area (Å²) in [6.07, 6.45) is 1.21. The van der Waals surface area contributed by atoms with Crippen LogP contribution in [0.3, 0.4) is 0 Å². The number of methoxy groups -OCH3 is 1. The molecule has 3 amide bonds. The first-order valence-electron chi connectivity index (χ1n) is 13.6. The van der Waals surface area contributed by atoms with Gasteiger partial charge in [0.2, 0.25) is 0 Å². The van der Waals surface area contributed by atoms with E-state index < -0.39 is 6.04 Å². The van der Waals surface area contributed by atoms with Crippen molar-refractivity contribution < 1.29 is 33.3 Å². The van der Waals surface area contributed by atoms with Crippen molar-refractivity contribution in [1.82, 2.24) is 10.2 Å². The van der Waals surface area contributed by atoms with Crippen LogP contribution in [-0.4, -0.2) is 69.7 Å². The van der Waals surface area contributed by atoms with Crippen molar-refractivity contribution in [3.05, 3.63) is 76.9 Å². The normalized spacial score (nSPS) is 18.4. The molecule has 0 radical (unpaired) electrons. The monoisotopic (exact) mass is 557 g/mol. The third kappa shape index (κ3) is 5.13. The predicted octanol–water partition coefficient (Wildman–Crippen LogP) is 3.12. The van der Waals surface area contributed by atoms with Gasteiger partial charge >= 0.3 is 0 Å². The number of carbonyl (C=O) groups is 3. The van der Waals surface area contributed by atoms with E-state index in [1.54, 1.807) is 32.4 Å². The second-order valence-corrected chi connectivity index (χ2v) is 10.2. The molecule has 41 heavy (non-hydrogen) atoms. The third-order valence-electron chi connectivity index (χ3n) is 7.65. The summed E-state index contributed by atoms with van der Waals surface area (Å²) in [6, 6.07) is 16.3. The molecule has 7 rings (SSSR count). The minimum atomic E-state index is -0.444. The molecule has 1 atom stereocenters. The number of hydrogen-bond acceptors (Lipinski definition) is 7. The van der Waals surface area contributed by atoms with Crippen molar-refractivity contribution >= 4 is 23.4 Å². The SMILES string of the molecule is COc1cc2c3cc1OCC(=O)NCCCOc1cccc(c1)C2N(C(=O)c1ccc2c(c1)N(C)C(=O)CO2)CC3. The molecule has 212 valence electrons. The first-order valence-corrected chi connectivity index (χ1v) is 13.6. The average molecular weight is 558 g/mol. The number of fused-ring (bicyclic) bond motifs is 9. The summed E-state index contributed by atoms with van der Waals surface area (Å²) in [4.78, 5) is 42.1. The van der Waals surface area contributed by atoms with Crippen LogP contribution in [0.1, 0.15) is 39.5 Å². The van der Waals surface area contributed by atoms with Crippen molar-refractivity contribution in [2.45, 2.75) is 18.9 Å². The van der Waals surface area contributed by atoms with Gasteiger partial charge in [0.1, 0.15) is 11.5 Å². The number of ether oxygens (including phenoxy) is 4. The number of amides is 3. The van der Waals surface area contributed by atoms with Crippen LogP contribution in [0.15, 0.2) is 54.6 Å². The molecule has 0 aromatic heterocycles. The molecular weight excluding hydrogens is 526 g/mol. The molecule has 3 aromatic rings. The highest BCUT2D eigenvalue weighted by Crippen LogP contribution is 2.43. The Hall–Kier alpha value is -4.73. The number of benzene rings is 3. The summed E-state index contributed by atoms with van der Waals surface area (Å²) in [5, 5.41) is 2.85. The van der Waals surface area contributed by atoms with Crippen LogP contribution in [0.2, 0.25) is 0 Å². The Kier molecular flexibility index (Phi) is 7.13. The average Bonchev–Trinajstić information content (AvgIpc) is 2.99. The topological polar surface area (TPSA) is 107 Å². The van der Waals surface area contributed by atoms with Gasteiger partial charge in [-0.1, -0.05) is 12.1 Å². The number of likely N-dealkylation sites (N-methyl/N-ethyl adjacent to an activating group) is 1. The number of nitrogens with zero attached hydrogens (tertiary/aromatic N) is 2. The molecule has 1 N–H and O–H groups in total. The molecule has 4 aliphatic heterocycles. The number of rotatable bonds is 2. The zero-order valence-corrected chi connectivity index (χ0v) is 23.0. The lowest BCUT2D eigenvalue weighted by atomic mass is 9.87. The van der Waals surface area contributed by atoms with Gasteiger partial charge < -0.3 is 34.1 Å². The van der Waals surface area contributed by atoms with Gasteiger partial charge in [0.25, 0.3) is 17.7 Å². The lowest BCUT2D eigenvalue weighted by molar-refractivity contribution is -0.123. The van der Waals surface area contributed by atoms with Crippen molar-refractivity contribution in [3.63, 3.8) is 0 Å². The Morgan fingerprint density at radius 1 is 1.00 bits per heavy atom. The summed E-state index contributed by atoms with van der Waals surface area (Å²) >= 11 is 0. The van der Waals surface area contributed by atoms with Crippen molar-refractivity contribution in [2.75, 3.05) is 52.0 Å².